The van der Waals surface area contributed by atoms with Crippen LogP contribution < -0.4 is 5.32 Å². The van der Waals surface area contributed by atoms with Gasteiger partial charge in [0.15, 0.2) is 5.69 Å². The van der Waals surface area contributed by atoms with Crippen molar-refractivity contribution < 1.29 is 18.0 Å². The maximum atomic E-state index is 12.4. The van der Waals surface area contributed by atoms with E-state index < -0.39 is 17.8 Å². The number of aromatic nitrogens is 4. The lowest BCUT2D eigenvalue weighted by Crippen LogP contribution is -2.22. The van der Waals surface area contributed by atoms with Crippen LogP contribution in [0.4, 0.5) is 19.0 Å². The van der Waals surface area contributed by atoms with Crippen LogP contribution in [0.5, 0.6) is 0 Å². The number of anilines is 1. The first-order valence-corrected chi connectivity index (χ1v) is 6.75. The van der Waals surface area contributed by atoms with Crippen LogP contribution in [0.25, 0.3) is 0 Å². The number of hydrogen-bond acceptors (Lipinski definition) is 3. The highest BCUT2D eigenvalue weighted by Crippen LogP contribution is 2.27. The molecule has 2 heterocycles. The predicted octanol–water partition coefficient (Wildman–Crippen LogP) is 2.71. The van der Waals surface area contributed by atoms with E-state index in [1.54, 1.807) is 16.9 Å². The highest BCUT2D eigenvalue weighted by Gasteiger charge is 2.33. The number of amides is 1. The summed E-state index contributed by atoms with van der Waals surface area (Å²) < 4.78 is 39.9. The molecule has 0 aliphatic carbocycles. The molecule has 0 saturated carbocycles. The molecule has 0 saturated heterocycles. The molecule has 9 heteroatoms. The maximum absolute atomic E-state index is 12.4. The molecule has 0 radical (unpaired) electrons. The van der Waals surface area contributed by atoms with Crippen molar-refractivity contribution in [1.82, 2.24) is 19.6 Å². The third-order valence-electron chi connectivity index (χ3n) is 3.18. The summed E-state index contributed by atoms with van der Waals surface area (Å²) in [6.45, 7) is 3.63. The fourth-order valence-electron chi connectivity index (χ4n) is 1.87. The molecule has 0 aromatic carbocycles. The summed E-state index contributed by atoms with van der Waals surface area (Å²) in [7, 11) is 0. The lowest BCUT2D eigenvalue weighted by Gasteiger charge is -2.14. The summed E-state index contributed by atoms with van der Waals surface area (Å²) in [5, 5.41) is 10.1. The molecule has 0 bridgehead atoms. The third kappa shape index (κ3) is 3.66. The summed E-state index contributed by atoms with van der Waals surface area (Å²) in [6.07, 6.45) is -1.01. The number of carbonyl (C=O) groups excluding carboxylic acids is 1. The number of rotatable bonds is 5. The second-order valence-electron chi connectivity index (χ2n) is 4.86. The van der Waals surface area contributed by atoms with Gasteiger partial charge in [-0.1, -0.05) is 6.92 Å². The van der Waals surface area contributed by atoms with Crippen LogP contribution >= 0.6 is 0 Å². The molecule has 22 heavy (non-hydrogen) atoms. The van der Waals surface area contributed by atoms with Crippen molar-refractivity contribution in [3.63, 3.8) is 0 Å². The Balaban J connectivity index is 2.02. The van der Waals surface area contributed by atoms with Gasteiger partial charge in [-0.05, 0) is 19.4 Å². The van der Waals surface area contributed by atoms with E-state index in [-0.39, 0.29) is 12.6 Å². The van der Waals surface area contributed by atoms with E-state index in [0.717, 1.165) is 23.4 Å². The first kappa shape index (κ1) is 16.1. The molecule has 2 aromatic heterocycles. The van der Waals surface area contributed by atoms with Gasteiger partial charge in [0.1, 0.15) is 12.4 Å². The van der Waals surface area contributed by atoms with Crippen LogP contribution in [-0.2, 0) is 17.5 Å². The molecule has 120 valence electrons. The summed E-state index contributed by atoms with van der Waals surface area (Å²) in [6, 6.07) is 2.57. The number of halogens is 3. The van der Waals surface area contributed by atoms with E-state index in [2.05, 4.69) is 15.5 Å². The van der Waals surface area contributed by atoms with Crippen molar-refractivity contribution >= 4 is 11.7 Å². The Morgan fingerprint density at radius 1 is 1.41 bits per heavy atom. The SMILES string of the molecule is CCC(C)n1nccc1NC(=O)Cn1ccc(C(F)(F)F)n1. The Morgan fingerprint density at radius 2 is 2.14 bits per heavy atom. The molecule has 2 aromatic rings. The molecule has 0 fully saturated rings. The average Bonchev–Trinajstić information content (AvgIpc) is 3.06. The zero-order valence-electron chi connectivity index (χ0n) is 12.1. The minimum absolute atomic E-state index is 0.104. The molecular formula is C13H16F3N5O. The Hall–Kier alpha value is -2.32. The quantitative estimate of drug-likeness (QED) is 0.922. The van der Waals surface area contributed by atoms with Crippen LogP contribution in [0, 0.1) is 0 Å². The van der Waals surface area contributed by atoms with Crippen molar-refractivity contribution in [3.05, 3.63) is 30.2 Å². The van der Waals surface area contributed by atoms with Gasteiger partial charge >= 0.3 is 6.18 Å². The topological polar surface area (TPSA) is 64.7 Å². The molecule has 2 rings (SSSR count). The van der Waals surface area contributed by atoms with Gasteiger partial charge in [-0.2, -0.15) is 23.4 Å². The van der Waals surface area contributed by atoms with E-state index in [9.17, 15) is 18.0 Å². The Kier molecular flexibility index (Phi) is 4.53. The van der Waals surface area contributed by atoms with E-state index in [4.69, 9.17) is 0 Å². The van der Waals surface area contributed by atoms with Crippen LogP contribution in [0.2, 0.25) is 0 Å². The van der Waals surface area contributed by atoms with Crippen LogP contribution in [0.15, 0.2) is 24.5 Å². The average molecular weight is 315 g/mol. The van der Waals surface area contributed by atoms with Crippen molar-refractivity contribution in [2.45, 2.75) is 39.0 Å². The Morgan fingerprint density at radius 3 is 2.73 bits per heavy atom. The third-order valence-corrected chi connectivity index (χ3v) is 3.18. The van der Waals surface area contributed by atoms with Gasteiger partial charge in [0, 0.05) is 12.3 Å². The van der Waals surface area contributed by atoms with Crippen molar-refractivity contribution in [3.8, 4) is 0 Å². The van der Waals surface area contributed by atoms with Crippen LogP contribution in [0.3, 0.4) is 0 Å². The second kappa shape index (κ2) is 6.20. The summed E-state index contributed by atoms with van der Waals surface area (Å²) >= 11 is 0. The molecule has 6 nitrogen and oxygen atoms in total. The van der Waals surface area contributed by atoms with Gasteiger partial charge in [-0.25, -0.2) is 4.68 Å². The summed E-state index contributed by atoms with van der Waals surface area (Å²) in [4.78, 5) is 11.9. The first-order chi connectivity index (χ1) is 10.3. The van der Waals surface area contributed by atoms with Gasteiger partial charge < -0.3 is 5.32 Å². The fraction of sp³-hybridized carbons (Fsp3) is 0.462. The minimum atomic E-state index is -4.52. The first-order valence-electron chi connectivity index (χ1n) is 6.75. The van der Waals surface area contributed by atoms with E-state index in [0.29, 0.717) is 5.82 Å². The maximum Gasteiger partial charge on any atom is 0.435 e. The molecule has 0 aliphatic heterocycles. The van der Waals surface area contributed by atoms with Crippen molar-refractivity contribution in [2.24, 2.45) is 0 Å². The highest BCUT2D eigenvalue weighted by atomic mass is 19.4. The predicted molar refractivity (Wildman–Crippen MR) is 73.1 cm³/mol. The number of hydrogen-bond donors (Lipinski definition) is 1. The van der Waals surface area contributed by atoms with Gasteiger partial charge in [0.05, 0.1) is 12.2 Å². The van der Waals surface area contributed by atoms with Gasteiger partial charge in [-0.15, -0.1) is 0 Å². The Labute approximate surface area is 124 Å². The standard InChI is InChI=1S/C13H16F3N5O/c1-3-9(2)21-11(4-6-17-21)18-12(22)8-20-7-5-10(19-20)13(14,15)16/h4-7,9H,3,8H2,1-2H3,(H,18,22). The molecule has 1 unspecified atom stereocenters. The molecular weight excluding hydrogens is 299 g/mol. The Bertz CT molecular complexity index is 646. The number of carbonyl (C=O) groups is 1. The van der Waals surface area contributed by atoms with Crippen molar-refractivity contribution in [2.75, 3.05) is 5.32 Å². The van der Waals surface area contributed by atoms with Gasteiger partial charge in [0.2, 0.25) is 5.91 Å². The molecule has 1 N–H and O–H groups in total. The molecule has 1 atom stereocenters. The van der Waals surface area contributed by atoms with Gasteiger partial charge in [0.25, 0.3) is 0 Å². The summed E-state index contributed by atoms with van der Waals surface area (Å²) in [5.41, 5.74) is -1.02. The minimum Gasteiger partial charge on any atom is -0.309 e. The lowest BCUT2D eigenvalue weighted by molar-refractivity contribution is -0.141. The molecule has 0 spiro atoms. The number of alkyl halides is 3. The van der Waals surface area contributed by atoms with Crippen molar-refractivity contribution in [1.29, 1.82) is 0 Å². The monoisotopic (exact) mass is 315 g/mol. The highest BCUT2D eigenvalue weighted by molar-refractivity contribution is 5.89. The van der Waals surface area contributed by atoms with E-state index in [1.165, 1.54) is 0 Å². The normalized spacial score (nSPS) is 13.1. The fourth-order valence-corrected chi connectivity index (χ4v) is 1.87. The van der Waals surface area contributed by atoms with E-state index in [1.807, 2.05) is 13.8 Å². The summed E-state index contributed by atoms with van der Waals surface area (Å²) in [5.74, 6) is 0.0319. The number of nitrogens with zero attached hydrogens (tertiary/aromatic N) is 4. The van der Waals surface area contributed by atoms with Crippen LogP contribution in [-0.4, -0.2) is 25.5 Å². The molecule has 1 amide bonds. The lowest BCUT2D eigenvalue weighted by atomic mass is 10.3. The molecule has 0 aliphatic rings. The number of nitrogens with one attached hydrogen (secondary N) is 1. The largest absolute Gasteiger partial charge is 0.435 e. The van der Waals surface area contributed by atoms with Gasteiger partial charge in [-0.3, -0.25) is 9.48 Å². The van der Waals surface area contributed by atoms with E-state index >= 15 is 0 Å². The zero-order chi connectivity index (χ0) is 16.3. The second-order valence-corrected chi connectivity index (χ2v) is 4.86. The zero-order valence-corrected chi connectivity index (χ0v) is 12.1. The van der Waals surface area contributed by atoms with Crippen LogP contribution in [0.1, 0.15) is 32.0 Å². The smallest absolute Gasteiger partial charge is 0.309 e.